The van der Waals surface area contributed by atoms with Gasteiger partial charge in [-0.1, -0.05) is 19.8 Å². The highest BCUT2D eigenvalue weighted by molar-refractivity contribution is 7.71. The molecular formula is C7H13N5OS. The van der Waals surface area contributed by atoms with Crippen LogP contribution in [0.3, 0.4) is 0 Å². The average Bonchev–Trinajstić information content (AvgIpc) is 2.59. The number of amides is 1. The second kappa shape index (κ2) is 5.48. The van der Waals surface area contributed by atoms with E-state index in [4.69, 9.17) is 12.2 Å². The van der Waals surface area contributed by atoms with Gasteiger partial charge in [0, 0.05) is 6.54 Å². The van der Waals surface area contributed by atoms with E-state index in [1.165, 1.54) is 0 Å². The molecule has 2 N–H and O–H groups in total. The van der Waals surface area contributed by atoms with Gasteiger partial charge in [0.25, 0.3) is 0 Å². The molecule has 6 nitrogen and oxygen atoms in total. The number of H-pyrrole nitrogens is 1. The summed E-state index contributed by atoms with van der Waals surface area (Å²) >= 11 is 4.78. The van der Waals surface area contributed by atoms with Gasteiger partial charge in [0.2, 0.25) is 4.77 Å². The Kier molecular flexibility index (Phi) is 4.24. The van der Waals surface area contributed by atoms with Gasteiger partial charge in [0.1, 0.15) is 0 Å². The second-order valence-corrected chi connectivity index (χ2v) is 3.24. The van der Waals surface area contributed by atoms with Gasteiger partial charge >= 0.3 is 6.03 Å². The highest BCUT2D eigenvalue weighted by Crippen LogP contribution is 1.91. The molecule has 1 aromatic heterocycles. The summed E-state index contributed by atoms with van der Waals surface area (Å²) in [6.45, 7) is 2.75. The molecule has 0 saturated carbocycles. The average molecular weight is 215 g/mol. The topological polar surface area (TPSA) is 75.6 Å². The predicted molar refractivity (Wildman–Crippen MR) is 53.5 cm³/mol. The molecule has 1 aromatic rings. The number of nitrogens with one attached hydrogen (secondary N) is 2. The Hall–Kier alpha value is -1.24. The van der Waals surface area contributed by atoms with Crippen molar-refractivity contribution in [1.82, 2.24) is 25.5 Å². The van der Waals surface area contributed by atoms with Gasteiger partial charge in [-0.15, -0.1) is 4.68 Å². The fourth-order valence-corrected chi connectivity index (χ4v) is 1.14. The molecule has 0 radical (unpaired) electrons. The largest absolute Gasteiger partial charge is 0.346 e. The fraction of sp³-hybridized carbons (Fsp3) is 0.714. The van der Waals surface area contributed by atoms with Gasteiger partial charge in [0.15, 0.2) is 0 Å². The number of aromatic amines is 1. The lowest BCUT2D eigenvalue weighted by molar-refractivity contribution is 0.238. The Morgan fingerprint density at radius 1 is 1.64 bits per heavy atom. The number of hydrogen-bond donors (Lipinski definition) is 2. The van der Waals surface area contributed by atoms with Crippen LogP contribution in [0.1, 0.15) is 26.2 Å². The van der Waals surface area contributed by atoms with Crippen LogP contribution in [0.5, 0.6) is 0 Å². The minimum atomic E-state index is -0.333. The molecular weight excluding hydrogens is 202 g/mol. The zero-order chi connectivity index (χ0) is 10.4. The molecule has 78 valence electrons. The lowest BCUT2D eigenvalue weighted by Gasteiger charge is -2.02. The number of hydrogen-bond acceptors (Lipinski definition) is 4. The van der Waals surface area contributed by atoms with E-state index in [2.05, 4.69) is 27.8 Å². The normalized spacial score (nSPS) is 10.1. The summed E-state index contributed by atoms with van der Waals surface area (Å²) in [6.07, 6.45) is 3.19. The molecule has 0 atom stereocenters. The molecule has 1 rings (SSSR count). The van der Waals surface area contributed by atoms with Gasteiger partial charge in [-0.05, 0) is 29.1 Å². The van der Waals surface area contributed by atoms with Crippen LogP contribution in [0.15, 0.2) is 0 Å². The van der Waals surface area contributed by atoms with Crippen molar-refractivity contribution in [2.45, 2.75) is 26.2 Å². The van der Waals surface area contributed by atoms with Crippen LogP contribution in [0, 0.1) is 4.77 Å². The van der Waals surface area contributed by atoms with Crippen molar-refractivity contribution >= 4 is 18.2 Å². The molecule has 14 heavy (non-hydrogen) atoms. The van der Waals surface area contributed by atoms with Crippen LogP contribution in [-0.2, 0) is 0 Å². The van der Waals surface area contributed by atoms with Crippen molar-refractivity contribution < 1.29 is 4.79 Å². The van der Waals surface area contributed by atoms with Crippen molar-refractivity contribution in [1.29, 1.82) is 0 Å². The standard InChI is InChI=1S/C7H13N5OS/c1-2-3-4-5-8-6(13)12-7(14)9-10-11-12/h2-5H2,1H3,(H,8,13)(H,9,11,14). The van der Waals surface area contributed by atoms with E-state index in [1.807, 2.05) is 0 Å². The van der Waals surface area contributed by atoms with E-state index in [0.717, 1.165) is 23.9 Å². The first-order chi connectivity index (χ1) is 6.75. The van der Waals surface area contributed by atoms with Crippen molar-refractivity contribution in [3.05, 3.63) is 4.77 Å². The lowest BCUT2D eigenvalue weighted by atomic mass is 10.2. The minimum Gasteiger partial charge on any atom is -0.336 e. The van der Waals surface area contributed by atoms with Crippen LogP contribution in [0.25, 0.3) is 0 Å². The van der Waals surface area contributed by atoms with Gasteiger partial charge in [-0.2, -0.15) is 0 Å². The van der Waals surface area contributed by atoms with E-state index in [0.29, 0.717) is 6.54 Å². The van der Waals surface area contributed by atoms with Gasteiger partial charge < -0.3 is 5.32 Å². The number of aromatic nitrogens is 4. The molecule has 0 aliphatic rings. The maximum absolute atomic E-state index is 11.4. The number of carbonyl (C=O) groups excluding carboxylic acids is 1. The van der Waals surface area contributed by atoms with Gasteiger partial charge in [-0.25, -0.2) is 9.89 Å². The van der Waals surface area contributed by atoms with E-state index < -0.39 is 0 Å². The quantitative estimate of drug-likeness (QED) is 0.448. The number of tetrazole rings is 1. The molecule has 0 fully saturated rings. The molecule has 0 aliphatic carbocycles. The number of nitrogens with zero attached hydrogens (tertiary/aromatic N) is 3. The molecule has 0 unspecified atom stereocenters. The Balaban J connectivity index is 2.36. The van der Waals surface area contributed by atoms with Crippen LogP contribution in [0.4, 0.5) is 4.79 Å². The Morgan fingerprint density at radius 3 is 3.00 bits per heavy atom. The molecule has 0 saturated heterocycles. The van der Waals surface area contributed by atoms with Crippen molar-refractivity contribution in [3.63, 3.8) is 0 Å². The maximum Gasteiger partial charge on any atom is 0.346 e. The predicted octanol–water partition coefficient (Wildman–Crippen LogP) is 1.08. The van der Waals surface area contributed by atoms with Crippen molar-refractivity contribution in [2.24, 2.45) is 0 Å². The van der Waals surface area contributed by atoms with Crippen LogP contribution in [-0.4, -0.2) is 32.8 Å². The van der Waals surface area contributed by atoms with E-state index >= 15 is 0 Å². The number of rotatable bonds is 4. The van der Waals surface area contributed by atoms with Crippen LogP contribution < -0.4 is 5.32 Å². The summed E-state index contributed by atoms with van der Waals surface area (Å²) in [7, 11) is 0. The zero-order valence-electron chi connectivity index (χ0n) is 7.99. The first kappa shape index (κ1) is 10.8. The molecule has 0 aromatic carbocycles. The zero-order valence-corrected chi connectivity index (χ0v) is 8.80. The van der Waals surface area contributed by atoms with E-state index in [-0.39, 0.29) is 10.8 Å². The minimum absolute atomic E-state index is 0.206. The van der Waals surface area contributed by atoms with Gasteiger partial charge in [0.05, 0.1) is 0 Å². The fourth-order valence-electron chi connectivity index (χ4n) is 0.976. The smallest absolute Gasteiger partial charge is 0.336 e. The van der Waals surface area contributed by atoms with Crippen molar-refractivity contribution in [3.8, 4) is 0 Å². The van der Waals surface area contributed by atoms with E-state index in [9.17, 15) is 4.79 Å². The summed E-state index contributed by atoms with van der Waals surface area (Å²) < 4.78 is 1.24. The summed E-state index contributed by atoms with van der Waals surface area (Å²) in [6, 6.07) is -0.333. The Bertz CT molecular complexity index is 344. The van der Waals surface area contributed by atoms with Crippen LogP contribution >= 0.6 is 12.2 Å². The number of unbranched alkanes of at least 4 members (excludes halogenated alkanes) is 2. The molecule has 7 heteroatoms. The summed E-state index contributed by atoms with van der Waals surface area (Å²) in [4.78, 5) is 11.4. The third-order valence-electron chi connectivity index (χ3n) is 1.72. The third-order valence-corrected chi connectivity index (χ3v) is 1.99. The first-order valence-corrected chi connectivity index (χ1v) is 4.95. The molecule has 1 amide bonds. The Morgan fingerprint density at radius 2 is 2.43 bits per heavy atom. The number of carbonyl (C=O) groups is 1. The van der Waals surface area contributed by atoms with Crippen molar-refractivity contribution in [2.75, 3.05) is 6.54 Å². The van der Waals surface area contributed by atoms with E-state index in [1.54, 1.807) is 0 Å². The molecule has 1 heterocycles. The second-order valence-electron chi connectivity index (χ2n) is 2.86. The Labute approximate surface area is 86.7 Å². The summed E-state index contributed by atoms with van der Waals surface area (Å²) in [5.74, 6) is 0. The summed E-state index contributed by atoms with van der Waals surface area (Å²) in [5.41, 5.74) is 0. The lowest BCUT2D eigenvalue weighted by Crippen LogP contribution is -2.30. The maximum atomic E-state index is 11.4. The molecule has 0 spiro atoms. The SMILES string of the molecule is CCCCCNC(=O)n1nn[nH]c1=S. The van der Waals surface area contributed by atoms with Crippen LogP contribution in [0.2, 0.25) is 0 Å². The third kappa shape index (κ3) is 2.91. The monoisotopic (exact) mass is 215 g/mol. The molecule has 0 aliphatic heterocycles. The first-order valence-electron chi connectivity index (χ1n) is 4.54. The molecule has 0 bridgehead atoms. The van der Waals surface area contributed by atoms with Gasteiger partial charge in [-0.3, -0.25) is 0 Å². The highest BCUT2D eigenvalue weighted by atomic mass is 32.1. The highest BCUT2D eigenvalue weighted by Gasteiger charge is 2.05. The summed E-state index contributed by atoms with van der Waals surface area (Å²) in [5, 5.41) is 12.0.